The number of methoxy groups -OCH3 is 1. The lowest BCUT2D eigenvalue weighted by atomic mass is 10.1. The van der Waals surface area contributed by atoms with E-state index in [1.807, 2.05) is 48.5 Å². The zero-order chi connectivity index (χ0) is 22.5. The highest BCUT2D eigenvalue weighted by Gasteiger charge is 2.24. The molecule has 7 heteroatoms. The third-order valence-electron chi connectivity index (χ3n) is 4.80. The van der Waals surface area contributed by atoms with Crippen molar-refractivity contribution in [3.63, 3.8) is 0 Å². The number of thioether (sulfide) groups is 1. The number of hydrogen-bond donors (Lipinski definition) is 0. The number of halogens is 2. The summed E-state index contributed by atoms with van der Waals surface area (Å²) in [6, 6.07) is 21.1. The first-order valence-corrected chi connectivity index (χ1v) is 11.2. The molecule has 0 aliphatic heterocycles. The zero-order valence-electron chi connectivity index (χ0n) is 17.2. The molecule has 0 spiro atoms. The number of para-hydroxylation sites is 1. The Kier molecular flexibility index (Phi) is 6.93. The molecule has 0 atom stereocenters. The SMILES string of the molecule is COC(=O)c1c(SCc2ccccc2Cl)nc2ccccc2c1OCc1cccc(F)c1. The fraction of sp³-hybridized carbons (Fsp3) is 0.120. The van der Waals surface area contributed by atoms with Gasteiger partial charge in [-0.25, -0.2) is 14.2 Å². The van der Waals surface area contributed by atoms with Gasteiger partial charge in [0.25, 0.3) is 0 Å². The van der Waals surface area contributed by atoms with E-state index in [2.05, 4.69) is 0 Å². The molecule has 1 heterocycles. The number of hydrogen-bond acceptors (Lipinski definition) is 5. The summed E-state index contributed by atoms with van der Waals surface area (Å²) in [5.41, 5.74) is 2.48. The van der Waals surface area contributed by atoms with Crippen molar-refractivity contribution >= 4 is 40.2 Å². The van der Waals surface area contributed by atoms with E-state index in [1.165, 1.54) is 31.0 Å². The topological polar surface area (TPSA) is 48.4 Å². The van der Waals surface area contributed by atoms with Gasteiger partial charge in [-0.15, -0.1) is 11.8 Å². The van der Waals surface area contributed by atoms with E-state index in [0.717, 1.165) is 5.56 Å². The number of aromatic nitrogens is 1. The molecule has 0 bridgehead atoms. The summed E-state index contributed by atoms with van der Waals surface area (Å²) < 4.78 is 24.8. The van der Waals surface area contributed by atoms with Crippen LogP contribution in [-0.4, -0.2) is 18.1 Å². The highest BCUT2D eigenvalue weighted by Crippen LogP contribution is 2.38. The first-order chi connectivity index (χ1) is 15.6. The van der Waals surface area contributed by atoms with Crippen LogP contribution < -0.4 is 4.74 Å². The molecule has 0 unspecified atom stereocenters. The van der Waals surface area contributed by atoms with Gasteiger partial charge in [-0.3, -0.25) is 0 Å². The average Bonchev–Trinajstić information content (AvgIpc) is 2.81. The monoisotopic (exact) mass is 467 g/mol. The predicted octanol–water partition coefficient (Wildman–Crippen LogP) is 6.69. The van der Waals surface area contributed by atoms with Crippen molar-refractivity contribution < 1.29 is 18.7 Å². The molecule has 32 heavy (non-hydrogen) atoms. The minimum Gasteiger partial charge on any atom is -0.487 e. The lowest BCUT2D eigenvalue weighted by Gasteiger charge is -2.16. The molecule has 4 nitrogen and oxygen atoms in total. The van der Waals surface area contributed by atoms with Crippen LogP contribution in [0.15, 0.2) is 77.8 Å². The Labute approximate surface area is 194 Å². The molecule has 4 aromatic rings. The van der Waals surface area contributed by atoms with E-state index in [-0.39, 0.29) is 18.0 Å². The number of esters is 1. The maximum absolute atomic E-state index is 13.6. The second-order valence-electron chi connectivity index (χ2n) is 6.93. The quantitative estimate of drug-likeness (QED) is 0.224. The largest absolute Gasteiger partial charge is 0.487 e. The molecular weight excluding hydrogens is 449 g/mol. The number of fused-ring (bicyclic) bond motifs is 1. The summed E-state index contributed by atoms with van der Waals surface area (Å²) in [7, 11) is 1.32. The molecule has 4 rings (SSSR count). The van der Waals surface area contributed by atoms with Crippen molar-refractivity contribution in [1.29, 1.82) is 0 Å². The molecule has 0 radical (unpaired) electrons. The van der Waals surface area contributed by atoms with Gasteiger partial charge >= 0.3 is 5.97 Å². The zero-order valence-corrected chi connectivity index (χ0v) is 18.8. The van der Waals surface area contributed by atoms with E-state index in [1.54, 1.807) is 12.1 Å². The van der Waals surface area contributed by atoms with Crippen molar-refractivity contribution in [2.24, 2.45) is 0 Å². The van der Waals surface area contributed by atoms with Crippen molar-refractivity contribution in [1.82, 2.24) is 4.98 Å². The number of carbonyl (C=O) groups is 1. The van der Waals surface area contributed by atoms with Gasteiger partial charge in [-0.2, -0.15) is 0 Å². The van der Waals surface area contributed by atoms with E-state index in [4.69, 9.17) is 26.1 Å². The van der Waals surface area contributed by atoms with Crippen LogP contribution in [0.1, 0.15) is 21.5 Å². The van der Waals surface area contributed by atoms with Crippen molar-refractivity contribution in [2.45, 2.75) is 17.4 Å². The van der Waals surface area contributed by atoms with Gasteiger partial charge in [-0.1, -0.05) is 54.1 Å². The summed E-state index contributed by atoms with van der Waals surface area (Å²) in [5, 5.41) is 1.79. The van der Waals surface area contributed by atoms with Gasteiger partial charge in [0.15, 0.2) is 0 Å². The van der Waals surface area contributed by atoms with Crippen LogP contribution >= 0.6 is 23.4 Å². The van der Waals surface area contributed by atoms with Crippen molar-refractivity contribution in [3.05, 3.63) is 100 Å². The summed E-state index contributed by atoms with van der Waals surface area (Å²) in [5.74, 6) is -0.0411. The standard InChI is InChI=1S/C25H19ClFNO3S/c1-30-25(29)22-23(31-14-16-7-6-9-18(27)13-16)19-10-3-5-12-21(19)28-24(22)32-15-17-8-2-4-11-20(17)26/h2-13H,14-15H2,1H3. The smallest absolute Gasteiger partial charge is 0.344 e. The molecule has 0 saturated heterocycles. The maximum atomic E-state index is 13.6. The molecule has 1 aromatic heterocycles. The van der Waals surface area contributed by atoms with E-state index in [0.29, 0.717) is 38.0 Å². The van der Waals surface area contributed by atoms with E-state index < -0.39 is 5.97 Å². The third-order valence-corrected chi connectivity index (χ3v) is 6.19. The first-order valence-electron chi connectivity index (χ1n) is 9.81. The molecule has 0 aliphatic carbocycles. The molecule has 0 amide bonds. The van der Waals surface area contributed by atoms with E-state index in [9.17, 15) is 9.18 Å². The summed E-state index contributed by atoms with van der Waals surface area (Å²) in [4.78, 5) is 17.5. The minimum atomic E-state index is -0.556. The summed E-state index contributed by atoms with van der Waals surface area (Å²) in [6.07, 6.45) is 0. The Hall–Kier alpha value is -3.09. The van der Waals surface area contributed by atoms with Gasteiger partial charge < -0.3 is 9.47 Å². The van der Waals surface area contributed by atoms with Crippen LogP contribution in [0.25, 0.3) is 10.9 Å². The van der Waals surface area contributed by atoms with E-state index >= 15 is 0 Å². The van der Waals surface area contributed by atoms with Gasteiger partial charge in [0.05, 0.1) is 12.6 Å². The second-order valence-corrected chi connectivity index (χ2v) is 8.30. The van der Waals surface area contributed by atoms with Crippen LogP contribution in [0.3, 0.4) is 0 Å². The summed E-state index contributed by atoms with van der Waals surface area (Å²) in [6.45, 7) is 0.0877. The minimum absolute atomic E-state index is 0.0877. The Morgan fingerprint density at radius 3 is 2.62 bits per heavy atom. The maximum Gasteiger partial charge on any atom is 0.344 e. The Morgan fingerprint density at radius 2 is 1.84 bits per heavy atom. The van der Waals surface area contributed by atoms with Crippen LogP contribution in [0.2, 0.25) is 5.02 Å². The summed E-state index contributed by atoms with van der Waals surface area (Å²) >= 11 is 7.67. The third kappa shape index (κ3) is 4.87. The van der Waals surface area contributed by atoms with Crippen LogP contribution in [0, 0.1) is 5.82 Å². The molecule has 0 aliphatic rings. The Morgan fingerprint density at radius 1 is 1.06 bits per heavy atom. The normalized spacial score (nSPS) is 10.8. The first kappa shape index (κ1) is 22.1. The van der Waals surface area contributed by atoms with Crippen LogP contribution in [-0.2, 0) is 17.1 Å². The van der Waals surface area contributed by atoms with Gasteiger partial charge in [0, 0.05) is 16.2 Å². The lowest BCUT2D eigenvalue weighted by Crippen LogP contribution is -2.10. The van der Waals surface area contributed by atoms with Crippen LogP contribution in [0.5, 0.6) is 5.75 Å². The molecule has 0 fully saturated rings. The fourth-order valence-corrected chi connectivity index (χ4v) is 4.55. The van der Waals surface area contributed by atoms with Gasteiger partial charge in [0.2, 0.25) is 0 Å². The number of nitrogens with zero attached hydrogens (tertiary/aromatic N) is 1. The molecule has 0 N–H and O–H groups in total. The molecular formula is C25H19ClFNO3S. The Bertz CT molecular complexity index is 1280. The predicted molar refractivity (Wildman–Crippen MR) is 125 cm³/mol. The number of pyridine rings is 1. The van der Waals surface area contributed by atoms with Gasteiger partial charge in [-0.05, 0) is 41.5 Å². The Balaban J connectivity index is 1.77. The van der Waals surface area contributed by atoms with Crippen molar-refractivity contribution in [3.8, 4) is 5.75 Å². The second kappa shape index (κ2) is 10.0. The highest BCUT2D eigenvalue weighted by molar-refractivity contribution is 7.98. The van der Waals surface area contributed by atoms with Crippen molar-refractivity contribution in [2.75, 3.05) is 7.11 Å². The highest BCUT2D eigenvalue weighted by atomic mass is 35.5. The number of carbonyl (C=O) groups excluding carboxylic acids is 1. The fourth-order valence-electron chi connectivity index (χ4n) is 3.24. The lowest BCUT2D eigenvalue weighted by molar-refractivity contribution is 0.0590. The molecule has 0 saturated carbocycles. The molecule has 162 valence electrons. The van der Waals surface area contributed by atoms with Gasteiger partial charge in [0.1, 0.15) is 28.8 Å². The van der Waals surface area contributed by atoms with Crippen LogP contribution in [0.4, 0.5) is 4.39 Å². The average molecular weight is 468 g/mol. The number of ether oxygens (including phenoxy) is 2. The number of benzene rings is 3. The number of rotatable bonds is 7. The molecule has 3 aromatic carbocycles.